The van der Waals surface area contributed by atoms with Crippen LogP contribution in [0.4, 0.5) is 10.5 Å². The third-order valence-electron chi connectivity index (χ3n) is 3.42. The predicted molar refractivity (Wildman–Crippen MR) is 73.9 cm³/mol. The topological polar surface area (TPSA) is 44.4 Å². The maximum Gasteiger partial charge on any atom is 0.321 e. The van der Waals surface area contributed by atoms with Gasteiger partial charge in [-0.1, -0.05) is 17.7 Å². The maximum absolute atomic E-state index is 12.1. The highest BCUT2D eigenvalue weighted by atomic mass is 16.2. The van der Waals surface area contributed by atoms with Gasteiger partial charge in [-0.05, 0) is 38.9 Å². The van der Waals surface area contributed by atoms with Crippen LogP contribution in [-0.4, -0.2) is 37.1 Å². The SMILES string of the molecule is CN[C@H]1CCCN(C(=O)Nc2ccc(C)cc2)C1. The van der Waals surface area contributed by atoms with Crippen molar-refractivity contribution >= 4 is 11.7 Å². The lowest BCUT2D eigenvalue weighted by atomic mass is 10.1. The molecule has 0 unspecified atom stereocenters. The molecule has 2 rings (SSSR count). The second-order valence-corrected chi connectivity index (χ2v) is 4.87. The first-order valence-corrected chi connectivity index (χ1v) is 6.49. The van der Waals surface area contributed by atoms with Crippen molar-refractivity contribution in [2.45, 2.75) is 25.8 Å². The molecule has 0 aliphatic carbocycles. The summed E-state index contributed by atoms with van der Waals surface area (Å²) in [5.74, 6) is 0. The van der Waals surface area contributed by atoms with Crippen LogP contribution in [-0.2, 0) is 0 Å². The average Bonchev–Trinajstić information content (AvgIpc) is 2.41. The Morgan fingerprint density at radius 2 is 2.06 bits per heavy atom. The second-order valence-electron chi connectivity index (χ2n) is 4.87. The van der Waals surface area contributed by atoms with Gasteiger partial charge in [0.25, 0.3) is 0 Å². The summed E-state index contributed by atoms with van der Waals surface area (Å²) in [5, 5.41) is 6.18. The molecule has 1 aromatic rings. The van der Waals surface area contributed by atoms with E-state index in [1.165, 1.54) is 5.56 Å². The zero-order valence-corrected chi connectivity index (χ0v) is 11.1. The molecule has 0 radical (unpaired) electrons. The Labute approximate surface area is 108 Å². The summed E-state index contributed by atoms with van der Waals surface area (Å²) in [6.07, 6.45) is 2.21. The van der Waals surface area contributed by atoms with E-state index in [1.54, 1.807) is 0 Å². The molecule has 1 aromatic carbocycles. The van der Waals surface area contributed by atoms with Crippen molar-refractivity contribution in [1.29, 1.82) is 0 Å². The van der Waals surface area contributed by atoms with Crippen molar-refractivity contribution in [2.75, 3.05) is 25.5 Å². The van der Waals surface area contributed by atoms with Crippen molar-refractivity contribution in [1.82, 2.24) is 10.2 Å². The molecule has 98 valence electrons. The van der Waals surface area contributed by atoms with Gasteiger partial charge in [0.2, 0.25) is 0 Å². The normalized spacial score (nSPS) is 19.7. The summed E-state index contributed by atoms with van der Waals surface area (Å²) in [5.41, 5.74) is 2.05. The highest BCUT2D eigenvalue weighted by Crippen LogP contribution is 2.13. The third-order valence-corrected chi connectivity index (χ3v) is 3.42. The summed E-state index contributed by atoms with van der Waals surface area (Å²) < 4.78 is 0. The maximum atomic E-state index is 12.1. The number of piperidine rings is 1. The molecule has 1 fully saturated rings. The lowest BCUT2D eigenvalue weighted by Crippen LogP contribution is -2.48. The zero-order chi connectivity index (χ0) is 13.0. The number of likely N-dealkylation sites (N-methyl/N-ethyl adjacent to an activating group) is 1. The number of anilines is 1. The van der Waals surface area contributed by atoms with Crippen molar-refractivity contribution in [2.24, 2.45) is 0 Å². The van der Waals surface area contributed by atoms with E-state index in [0.29, 0.717) is 6.04 Å². The van der Waals surface area contributed by atoms with Crippen LogP contribution < -0.4 is 10.6 Å². The van der Waals surface area contributed by atoms with Crippen molar-refractivity contribution in [3.63, 3.8) is 0 Å². The number of hydrogen-bond acceptors (Lipinski definition) is 2. The minimum Gasteiger partial charge on any atom is -0.323 e. The second kappa shape index (κ2) is 5.87. The van der Waals surface area contributed by atoms with Gasteiger partial charge in [-0.2, -0.15) is 0 Å². The number of likely N-dealkylation sites (tertiary alicyclic amines) is 1. The van der Waals surface area contributed by atoms with Crippen LogP contribution in [0.15, 0.2) is 24.3 Å². The van der Waals surface area contributed by atoms with Gasteiger partial charge in [0, 0.05) is 24.8 Å². The summed E-state index contributed by atoms with van der Waals surface area (Å²) in [7, 11) is 1.95. The van der Waals surface area contributed by atoms with Crippen LogP contribution in [0, 0.1) is 6.92 Å². The molecule has 1 heterocycles. The quantitative estimate of drug-likeness (QED) is 0.841. The lowest BCUT2D eigenvalue weighted by molar-refractivity contribution is 0.187. The molecule has 0 bridgehead atoms. The number of carbonyl (C=O) groups is 1. The van der Waals surface area contributed by atoms with Gasteiger partial charge in [-0.15, -0.1) is 0 Å². The van der Waals surface area contributed by atoms with Crippen LogP contribution >= 0.6 is 0 Å². The Hall–Kier alpha value is -1.55. The number of aryl methyl sites for hydroxylation is 1. The fourth-order valence-electron chi connectivity index (χ4n) is 2.24. The number of urea groups is 1. The Morgan fingerprint density at radius 3 is 2.72 bits per heavy atom. The molecule has 4 heteroatoms. The van der Waals surface area contributed by atoms with Gasteiger partial charge in [-0.25, -0.2) is 4.79 Å². The number of carbonyl (C=O) groups excluding carboxylic acids is 1. The molecule has 0 aromatic heterocycles. The van der Waals surface area contributed by atoms with E-state index < -0.39 is 0 Å². The molecule has 2 amide bonds. The summed E-state index contributed by atoms with van der Waals surface area (Å²) in [6.45, 7) is 3.66. The van der Waals surface area contributed by atoms with Gasteiger partial charge in [-0.3, -0.25) is 0 Å². The van der Waals surface area contributed by atoms with Crippen LogP contribution in [0.3, 0.4) is 0 Å². The predicted octanol–water partition coefficient (Wildman–Crippen LogP) is 2.21. The van der Waals surface area contributed by atoms with Crippen LogP contribution in [0.2, 0.25) is 0 Å². The van der Waals surface area contributed by atoms with Crippen molar-refractivity contribution < 1.29 is 4.79 Å². The lowest BCUT2D eigenvalue weighted by Gasteiger charge is -2.32. The minimum absolute atomic E-state index is 0.00111. The first-order valence-electron chi connectivity index (χ1n) is 6.49. The van der Waals surface area contributed by atoms with Crippen LogP contribution in [0.1, 0.15) is 18.4 Å². The molecule has 1 atom stereocenters. The Morgan fingerprint density at radius 1 is 1.33 bits per heavy atom. The van der Waals surface area contributed by atoms with E-state index in [0.717, 1.165) is 31.6 Å². The highest BCUT2D eigenvalue weighted by Gasteiger charge is 2.22. The summed E-state index contributed by atoms with van der Waals surface area (Å²) in [6, 6.07) is 8.30. The summed E-state index contributed by atoms with van der Waals surface area (Å²) in [4.78, 5) is 14.0. The molecule has 1 aliphatic heterocycles. The molecule has 1 saturated heterocycles. The summed E-state index contributed by atoms with van der Waals surface area (Å²) >= 11 is 0. The van der Waals surface area contributed by atoms with Crippen molar-refractivity contribution in [3.8, 4) is 0 Å². The molecular weight excluding hydrogens is 226 g/mol. The smallest absolute Gasteiger partial charge is 0.321 e. The van der Waals surface area contributed by atoms with Gasteiger partial charge in [0.1, 0.15) is 0 Å². The van der Waals surface area contributed by atoms with E-state index in [9.17, 15) is 4.79 Å². The number of nitrogens with one attached hydrogen (secondary N) is 2. The number of benzene rings is 1. The van der Waals surface area contributed by atoms with E-state index in [-0.39, 0.29) is 6.03 Å². The number of rotatable bonds is 2. The molecular formula is C14H21N3O. The molecule has 0 saturated carbocycles. The Bertz CT molecular complexity index is 402. The van der Waals surface area contributed by atoms with Gasteiger partial charge in [0.15, 0.2) is 0 Å². The fourth-order valence-corrected chi connectivity index (χ4v) is 2.24. The number of hydrogen-bond donors (Lipinski definition) is 2. The molecule has 2 N–H and O–H groups in total. The van der Waals surface area contributed by atoms with E-state index in [1.807, 2.05) is 43.1 Å². The van der Waals surface area contributed by atoms with Gasteiger partial charge >= 0.3 is 6.03 Å². The highest BCUT2D eigenvalue weighted by molar-refractivity contribution is 5.89. The molecule has 0 spiro atoms. The largest absolute Gasteiger partial charge is 0.323 e. The van der Waals surface area contributed by atoms with Gasteiger partial charge in [0.05, 0.1) is 0 Å². The Balaban J connectivity index is 1.93. The third kappa shape index (κ3) is 3.23. The molecule has 1 aliphatic rings. The molecule has 4 nitrogen and oxygen atoms in total. The average molecular weight is 247 g/mol. The van der Waals surface area contributed by atoms with E-state index in [4.69, 9.17) is 0 Å². The number of nitrogens with zero attached hydrogens (tertiary/aromatic N) is 1. The van der Waals surface area contributed by atoms with E-state index in [2.05, 4.69) is 10.6 Å². The first kappa shape index (κ1) is 12.9. The molecule has 18 heavy (non-hydrogen) atoms. The standard InChI is InChI=1S/C14H21N3O/c1-11-5-7-12(8-6-11)16-14(18)17-9-3-4-13(10-17)15-2/h5-8,13,15H,3-4,9-10H2,1-2H3,(H,16,18)/t13-/m0/s1. The minimum atomic E-state index is -0.00111. The monoisotopic (exact) mass is 247 g/mol. The Kier molecular flexibility index (Phi) is 4.20. The fraction of sp³-hybridized carbons (Fsp3) is 0.500. The zero-order valence-electron chi connectivity index (χ0n) is 11.1. The van der Waals surface area contributed by atoms with Gasteiger partial charge < -0.3 is 15.5 Å². The van der Waals surface area contributed by atoms with Crippen molar-refractivity contribution in [3.05, 3.63) is 29.8 Å². The van der Waals surface area contributed by atoms with Crippen LogP contribution in [0.5, 0.6) is 0 Å². The van der Waals surface area contributed by atoms with E-state index >= 15 is 0 Å². The van der Waals surface area contributed by atoms with Crippen LogP contribution in [0.25, 0.3) is 0 Å². The number of amides is 2. The first-order chi connectivity index (χ1) is 8.69.